The highest BCUT2D eigenvalue weighted by Crippen LogP contribution is 2.23. The highest BCUT2D eigenvalue weighted by atomic mass is 32.2. The first-order valence-corrected chi connectivity index (χ1v) is 8.13. The lowest BCUT2D eigenvalue weighted by atomic mass is 10.2. The third kappa shape index (κ3) is 4.02. The highest BCUT2D eigenvalue weighted by molar-refractivity contribution is 7.90. The van der Waals surface area contributed by atoms with E-state index in [4.69, 9.17) is 0 Å². The van der Waals surface area contributed by atoms with Crippen molar-refractivity contribution in [3.8, 4) is 0 Å². The lowest BCUT2D eigenvalue weighted by Gasteiger charge is -2.11. The maximum Gasteiger partial charge on any atom is 0.193 e. The molecule has 0 spiro atoms. The fraction of sp³-hybridized carbons (Fsp3) is 0.538. The summed E-state index contributed by atoms with van der Waals surface area (Å²) in [5, 5.41) is 0.162. The SMILES string of the molecule is CCc1cc(N=CN(C)CC)c(C)nc1S(C)(=O)=O. The first-order chi connectivity index (χ1) is 8.79. The van der Waals surface area contributed by atoms with Crippen LogP contribution in [0.3, 0.4) is 0 Å². The molecule has 106 valence electrons. The van der Waals surface area contributed by atoms with Gasteiger partial charge in [0.1, 0.15) is 0 Å². The van der Waals surface area contributed by atoms with Crippen LogP contribution < -0.4 is 0 Å². The van der Waals surface area contributed by atoms with Gasteiger partial charge in [0.2, 0.25) is 0 Å². The summed E-state index contributed by atoms with van der Waals surface area (Å²) in [7, 11) is -1.37. The Balaban J connectivity index is 3.28. The predicted octanol–water partition coefficient (Wildman–Crippen LogP) is 1.97. The third-order valence-electron chi connectivity index (χ3n) is 2.85. The number of hydrogen-bond donors (Lipinski definition) is 0. The van der Waals surface area contributed by atoms with Gasteiger partial charge in [-0.2, -0.15) is 0 Å². The molecular weight excluding hydrogens is 262 g/mol. The Morgan fingerprint density at radius 3 is 2.53 bits per heavy atom. The minimum absolute atomic E-state index is 0.162. The van der Waals surface area contributed by atoms with Crippen molar-refractivity contribution in [2.75, 3.05) is 19.8 Å². The van der Waals surface area contributed by atoms with Crippen molar-refractivity contribution in [3.05, 3.63) is 17.3 Å². The Bertz CT molecular complexity index is 580. The van der Waals surface area contributed by atoms with Crippen LogP contribution in [0.25, 0.3) is 0 Å². The number of rotatable bonds is 5. The van der Waals surface area contributed by atoms with Gasteiger partial charge in [-0.1, -0.05) is 6.92 Å². The first kappa shape index (κ1) is 15.6. The molecule has 0 aliphatic heterocycles. The molecule has 0 atom stereocenters. The van der Waals surface area contributed by atoms with E-state index in [1.165, 1.54) is 6.26 Å². The Morgan fingerprint density at radius 1 is 1.42 bits per heavy atom. The Morgan fingerprint density at radius 2 is 2.05 bits per heavy atom. The maximum absolute atomic E-state index is 11.7. The monoisotopic (exact) mass is 283 g/mol. The van der Waals surface area contributed by atoms with Gasteiger partial charge in [-0.3, -0.25) is 0 Å². The quantitative estimate of drug-likeness (QED) is 0.612. The summed E-state index contributed by atoms with van der Waals surface area (Å²) in [4.78, 5) is 10.5. The molecule has 0 N–H and O–H groups in total. The number of aryl methyl sites for hydroxylation is 2. The number of aromatic nitrogens is 1. The molecule has 1 heterocycles. The number of nitrogens with zero attached hydrogens (tertiary/aromatic N) is 3. The van der Waals surface area contributed by atoms with E-state index in [9.17, 15) is 8.42 Å². The summed E-state index contributed by atoms with van der Waals surface area (Å²) in [5.74, 6) is 0. The van der Waals surface area contributed by atoms with Gasteiger partial charge in [-0.25, -0.2) is 18.4 Å². The summed E-state index contributed by atoms with van der Waals surface area (Å²) in [6.45, 7) is 6.57. The van der Waals surface area contributed by atoms with Crippen LogP contribution in [0.15, 0.2) is 16.1 Å². The van der Waals surface area contributed by atoms with Crippen molar-refractivity contribution in [3.63, 3.8) is 0 Å². The summed E-state index contributed by atoms with van der Waals surface area (Å²) >= 11 is 0. The minimum Gasteiger partial charge on any atom is -0.366 e. The van der Waals surface area contributed by atoms with Crippen molar-refractivity contribution < 1.29 is 8.42 Å². The summed E-state index contributed by atoms with van der Waals surface area (Å²) in [6.07, 6.45) is 3.52. The van der Waals surface area contributed by atoms with Crippen LogP contribution in [-0.4, -0.2) is 44.5 Å². The number of sulfone groups is 1. The molecule has 6 heteroatoms. The van der Waals surface area contributed by atoms with Gasteiger partial charge >= 0.3 is 0 Å². The van der Waals surface area contributed by atoms with Gasteiger partial charge in [0.25, 0.3) is 0 Å². The van der Waals surface area contributed by atoms with Crippen LogP contribution >= 0.6 is 0 Å². The van der Waals surface area contributed by atoms with E-state index in [2.05, 4.69) is 9.98 Å². The van der Waals surface area contributed by atoms with Crippen LogP contribution in [0.2, 0.25) is 0 Å². The summed E-state index contributed by atoms with van der Waals surface area (Å²) < 4.78 is 23.4. The largest absolute Gasteiger partial charge is 0.366 e. The minimum atomic E-state index is -3.29. The van der Waals surface area contributed by atoms with Crippen molar-refractivity contribution >= 4 is 21.9 Å². The normalized spacial score (nSPS) is 12.1. The third-order valence-corrected chi connectivity index (χ3v) is 3.91. The van der Waals surface area contributed by atoms with Crippen molar-refractivity contribution in [1.29, 1.82) is 0 Å². The van der Waals surface area contributed by atoms with Crippen LogP contribution in [0.1, 0.15) is 25.1 Å². The lowest BCUT2D eigenvalue weighted by molar-refractivity contribution is 0.552. The predicted molar refractivity (Wildman–Crippen MR) is 77.9 cm³/mol. The molecule has 0 amide bonds. The second-order valence-electron chi connectivity index (χ2n) is 4.50. The number of aliphatic imine (C=N–C) groups is 1. The van der Waals surface area contributed by atoms with Crippen molar-refractivity contribution in [1.82, 2.24) is 9.88 Å². The average molecular weight is 283 g/mol. The molecule has 0 aliphatic rings. The molecule has 1 rings (SSSR count). The van der Waals surface area contributed by atoms with Crippen LogP contribution in [-0.2, 0) is 16.3 Å². The molecule has 19 heavy (non-hydrogen) atoms. The van der Waals surface area contributed by atoms with Gasteiger partial charge in [-0.05, 0) is 31.9 Å². The molecule has 0 fully saturated rings. The Hall–Kier alpha value is -1.43. The van der Waals surface area contributed by atoms with E-state index in [1.54, 1.807) is 19.3 Å². The van der Waals surface area contributed by atoms with Crippen molar-refractivity contribution in [2.24, 2.45) is 4.99 Å². The zero-order valence-corrected chi connectivity index (χ0v) is 13.0. The topological polar surface area (TPSA) is 62.6 Å². The Kier molecular flexibility index (Phi) is 5.05. The van der Waals surface area contributed by atoms with E-state index in [1.807, 2.05) is 25.8 Å². The number of pyridine rings is 1. The summed E-state index contributed by atoms with van der Waals surface area (Å²) in [5.41, 5.74) is 2.04. The lowest BCUT2D eigenvalue weighted by Crippen LogP contribution is -2.14. The number of hydrogen-bond acceptors (Lipinski definition) is 4. The van der Waals surface area contributed by atoms with E-state index in [-0.39, 0.29) is 5.03 Å². The highest BCUT2D eigenvalue weighted by Gasteiger charge is 2.16. The van der Waals surface area contributed by atoms with Crippen LogP contribution in [0.4, 0.5) is 5.69 Å². The molecule has 0 radical (unpaired) electrons. The molecule has 0 bridgehead atoms. The molecule has 1 aromatic heterocycles. The molecule has 0 unspecified atom stereocenters. The van der Waals surface area contributed by atoms with Gasteiger partial charge in [0, 0.05) is 19.8 Å². The zero-order chi connectivity index (χ0) is 14.6. The molecule has 0 aromatic carbocycles. The molecule has 5 nitrogen and oxygen atoms in total. The molecule has 0 aliphatic carbocycles. The smallest absolute Gasteiger partial charge is 0.193 e. The average Bonchev–Trinajstić information content (AvgIpc) is 2.35. The van der Waals surface area contributed by atoms with Crippen LogP contribution in [0, 0.1) is 6.92 Å². The maximum atomic E-state index is 11.7. The summed E-state index contributed by atoms with van der Waals surface area (Å²) in [6, 6.07) is 1.80. The van der Waals surface area contributed by atoms with E-state index in [0.717, 1.165) is 6.54 Å². The fourth-order valence-corrected chi connectivity index (χ4v) is 2.54. The van der Waals surface area contributed by atoms with Crippen molar-refractivity contribution in [2.45, 2.75) is 32.2 Å². The Labute approximate surface area is 115 Å². The molecule has 0 saturated heterocycles. The first-order valence-electron chi connectivity index (χ1n) is 6.24. The molecular formula is C13H21N3O2S. The van der Waals surface area contributed by atoms with Gasteiger partial charge in [-0.15, -0.1) is 0 Å². The fourth-order valence-electron chi connectivity index (χ4n) is 1.56. The van der Waals surface area contributed by atoms with Gasteiger partial charge < -0.3 is 4.90 Å². The standard InChI is InChI=1S/C13H21N3O2S/c1-6-11-8-12(14-9-16(4)7-2)10(3)15-13(11)19(5,17)18/h8-9H,6-7H2,1-5H3. The van der Waals surface area contributed by atoms with E-state index < -0.39 is 9.84 Å². The molecule has 0 saturated carbocycles. The van der Waals surface area contributed by atoms with E-state index in [0.29, 0.717) is 23.4 Å². The second kappa shape index (κ2) is 6.14. The second-order valence-corrected chi connectivity index (χ2v) is 6.43. The molecule has 1 aromatic rings. The van der Waals surface area contributed by atoms with E-state index >= 15 is 0 Å². The van der Waals surface area contributed by atoms with Crippen LogP contribution in [0.5, 0.6) is 0 Å². The van der Waals surface area contributed by atoms with Gasteiger partial charge in [0.05, 0.1) is 17.7 Å². The van der Waals surface area contributed by atoms with Gasteiger partial charge in [0.15, 0.2) is 14.9 Å². The zero-order valence-electron chi connectivity index (χ0n) is 12.1.